The maximum atomic E-state index is 13.0. The van der Waals surface area contributed by atoms with Gasteiger partial charge in [0, 0.05) is 44.0 Å². The Morgan fingerprint density at radius 3 is 2.43 bits per heavy atom. The van der Waals surface area contributed by atoms with E-state index >= 15 is 0 Å². The second-order valence-electron chi connectivity index (χ2n) is 4.78. The first-order valence-corrected chi connectivity index (χ1v) is 6.44. The molecule has 0 fully saturated rings. The van der Waals surface area contributed by atoms with Crippen LogP contribution in [-0.4, -0.2) is 9.55 Å². The molecule has 2 nitrogen and oxygen atoms in total. The van der Waals surface area contributed by atoms with Gasteiger partial charge in [0.05, 0.1) is 5.82 Å². The van der Waals surface area contributed by atoms with Crippen LogP contribution < -0.4 is 0 Å². The molecule has 0 aliphatic rings. The normalized spacial score (nSPS) is 10.2. The van der Waals surface area contributed by atoms with Gasteiger partial charge in [0.1, 0.15) is 0 Å². The molecule has 3 rings (SSSR count). The van der Waals surface area contributed by atoms with Crippen LogP contribution >= 0.6 is 0 Å². The predicted octanol–water partition coefficient (Wildman–Crippen LogP) is 4.09. The molecule has 4 heteroatoms. The Labute approximate surface area is 137 Å². The van der Waals surface area contributed by atoms with Gasteiger partial charge in [-0.05, 0) is 25.0 Å². The van der Waals surface area contributed by atoms with Crippen LogP contribution in [0.2, 0.25) is 0 Å². The van der Waals surface area contributed by atoms with E-state index in [0.717, 1.165) is 17.1 Å². The van der Waals surface area contributed by atoms with Crippen molar-refractivity contribution in [1.82, 2.24) is 9.55 Å². The molecule has 0 atom stereocenters. The summed E-state index contributed by atoms with van der Waals surface area (Å²) in [6.07, 6.45) is 3.67. The number of halogens is 1. The average molecular weight is 458 g/mol. The van der Waals surface area contributed by atoms with Crippen molar-refractivity contribution in [3.8, 4) is 17.1 Å². The van der Waals surface area contributed by atoms with Gasteiger partial charge in [-0.15, -0.1) is 29.8 Å². The molecule has 0 saturated carbocycles. The quantitative estimate of drug-likeness (QED) is 0.530. The van der Waals surface area contributed by atoms with E-state index in [4.69, 9.17) is 0 Å². The monoisotopic (exact) mass is 458 g/mol. The van der Waals surface area contributed by atoms with E-state index < -0.39 is 0 Å². The van der Waals surface area contributed by atoms with Gasteiger partial charge >= 0.3 is 0 Å². The summed E-state index contributed by atoms with van der Waals surface area (Å²) in [7, 11) is 0. The van der Waals surface area contributed by atoms with E-state index in [1.54, 1.807) is 12.3 Å². The van der Waals surface area contributed by atoms with E-state index in [2.05, 4.69) is 37.0 Å². The molecule has 1 heterocycles. The summed E-state index contributed by atoms with van der Waals surface area (Å²) in [6.45, 7) is 4.14. The molecule has 0 aliphatic heterocycles. The summed E-state index contributed by atoms with van der Waals surface area (Å²) in [5, 5.41) is 0. The van der Waals surface area contributed by atoms with Gasteiger partial charge in [-0.1, -0.05) is 18.2 Å². The Morgan fingerprint density at radius 2 is 1.81 bits per heavy atom. The number of aromatic nitrogens is 2. The SMILES string of the molecule is Cc1cccc(C)c1-n1ccnc1-c1[c-]cc(F)cc1.[Ir]. The molecule has 0 aliphatic carbocycles. The van der Waals surface area contributed by atoms with E-state index in [-0.39, 0.29) is 25.9 Å². The third kappa shape index (κ3) is 2.97. The molecular formula is C17H14FIrN2-. The second kappa shape index (κ2) is 6.33. The zero-order valence-corrected chi connectivity index (χ0v) is 14.1. The largest absolute Gasteiger partial charge is 0.340 e. The van der Waals surface area contributed by atoms with Gasteiger partial charge in [-0.2, -0.15) is 0 Å². The number of rotatable bonds is 2. The number of hydrogen-bond donors (Lipinski definition) is 0. The molecule has 2 aromatic carbocycles. The van der Waals surface area contributed by atoms with Crippen LogP contribution in [-0.2, 0) is 20.1 Å². The third-order valence-corrected chi connectivity index (χ3v) is 3.34. The van der Waals surface area contributed by atoms with Gasteiger partial charge in [-0.25, -0.2) is 0 Å². The Hall–Kier alpha value is -1.77. The van der Waals surface area contributed by atoms with Crippen molar-refractivity contribution >= 4 is 0 Å². The number of para-hydroxylation sites is 1. The van der Waals surface area contributed by atoms with Crippen molar-refractivity contribution in [2.75, 3.05) is 0 Å². The van der Waals surface area contributed by atoms with E-state index in [1.807, 2.05) is 16.8 Å². The van der Waals surface area contributed by atoms with Gasteiger partial charge in [0.2, 0.25) is 0 Å². The Bertz CT molecular complexity index is 727. The minimum atomic E-state index is -0.293. The fourth-order valence-electron chi connectivity index (χ4n) is 2.41. The fourth-order valence-corrected chi connectivity index (χ4v) is 2.41. The van der Waals surface area contributed by atoms with Crippen molar-refractivity contribution < 1.29 is 24.5 Å². The summed E-state index contributed by atoms with van der Waals surface area (Å²) in [4.78, 5) is 4.38. The maximum absolute atomic E-state index is 13.0. The van der Waals surface area contributed by atoms with E-state index in [0.29, 0.717) is 0 Å². The molecule has 0 amide bonds. The molecule has 1 aromatic heterocycles. The molecule has 0 spiro atoms. The molecule has 0 unspecified atom stereocenters. The molecule has 0 saturated heterocycles. The Balaban J connectivity index is 0.00000161. The van der Waals surface area contributed by atoms with Crippen LogP contribution in [0, 0.1) is 25.7 Å². The van der Waals surface area contributed by atoms with Gasteiger partial charge in [0.25, 0.3) is 0 Å². The minimum Gasteiger partial charge on any atom is -0.340 e. The predicted molar refractivity (Wildman–Crippen MR) is 77.3 cm³/mol. The zero-order chi connectivity index (χ0) is 14.1. The molecule has 0 bridgehead atoms. The summed E-state index contributed by atoms with van der Waals surface area (Å²) in [5.41, 5.74) is 4.23. The van der Waals surface area contributed by atoms with Gasteiger partial charge in [-0.3, -0.25) is 9.37 Å². The molecule has 21 heavy (non-hydrogen) atoms. The summed E-state index contributed by atoms with van der Waals surface area (Å²) in [6, 6.07) is 13.6. The maximum Gasteiger partial charge on any atom is 0.0602 e. The Kier molecular flexibility index (Phi) is 4.71. The van der Waals surface area contributed by atoms with Gasteiger partial charge in [0.15, 0.2) is 0 Å². The first-order valence-electron chi connectivity index (χ1n) is 6.44. The van der Waals surface area contributed by atoms with Crippen molar-refractivity contribution in [2.45, 2.75) is 13.8 Å². The summed E-state index contributed by atoms with van der Waals surface area (Å²) >= 11 is 0. The van der Waals surface area contributed by atoms with Crippen molar-refractivity contribution in [1.29, 1.82) is 0 Å². The minimum absolute atomic E-state index is 0. The zero-order valence-electron chi connectivity index (χ0n) is 11.7. The van der Waals surface area contributed by atoms with Crippen LogP contribution in [0.5, 0.6) is 0 Å². The summed E-state index contributed by atoms with van der Waals surface area (Å²) in [5.74, 6) is 0.473. The van der Waals surface area contributed by atoms with Crippen LogP contribution in [0.1, 0.15) is 11.1 Å². The van der Waals surface area contributed by atoms with Crippen LogP contribution in [0.3, 0.4) is 0 Å². The number of hydrogen-bond acceptors (Lipinski definition) is 1. The molecule has 109 valence electrons. The number of benzene rings is 2. The van der Waals surface area contributed by atoms with Crippen LogP contribution in [0.15, 0.2) is 48.8 Å². The molecule has 3 aromatic rings. The summed E-state index contributed by atoms with van der Waals surface area (Å²) < 4.78 is 15.0. The van der Waals surface area contributed by atoms with Crippen molar-refractivity contribution in [2.24, 2.45) is 0 Å². The van der Waals surface area contributed by atoms with E-state index in [1.165, 1.54) is 23.3 Å². The number of imidazole rings is 1. The second-order valence-corrected chi connectivity index (χ2v) is 4.78. The third-order valence-electron chi connectivity index (χ3n) is 3.34. The molecule has 1 radical (unpaired) electrons. The van der Waals surface area contributed by atoms with Crippen LogP contribution in [0.25, 0.3) is 17.1 Å². The van der Waals surface area contributed by atoms with Crippen LogP contribution in [0.4, 0.5) is 4.39 Å². The molecule has 0 N–H and O–H groups in total. The van der Waals surface area contributed by atoms with Gasteiger partial charge < -0.3 is 4.57 Å². The number of aryl methyl sites for hydroxylation is 2. The standard InChI is InChI=1S/C17H14FN2.Ir/c1-12-4-3-5-13(2)16(12)20-11-10-19-17(20)14-6-8-15(18)9-7-14;/h3-6,8-11H,1-2H3;/q-1;. The Morgan fingerprint density at radius 1 is 1.10 bits per heavy atom. The van der Waals surface area contributed by atoms with Crippen molar-refractivity contribution in [3.05, 3.63) is 71.8 Å². The smallest absolute Gasteiger partial charge is 0.0602 e. The molecular weight excluding hydrogens is 443 g/mol. The first-order chi connectivity index (χ1) is 9.66. The van der Waals surface area contributed by atoms with Crippen molar-refractivity contribution in [3.63, 3.8) is 0 Å². The fraction of sp³-hybridized carbons (Fsp3) is 0.118. The topological polar surface area (TPSA) is 17.8 Å². The average Bonchev–Trinajstić information content (AvgIpc) is 2.88. The van der Waals surface area contributed by atoms with E-state index in [9.17, 15) is 4.39 Å². The first kappa shape index (κ1) is 15.6. The number of nitrogens with zero attached hydrogens (tertiary/aromatic N) is 2.